The van der Waals surface area contributed by atoms with Gasteiger partial charge in [0, 0.05) is 23.2 Å². The molecule has 0 aliphatic heterocycles. The first kappa shape index (κ1) is 14.1. The van der Waals surface area contributed by atoms with E-state index in [2.05, 4.69) is 4.98 Å². The van der Waals surface area contributed by atoms with Gasteiger partial charge in [0.05, 0.1) is 11.1 Å². The Morgan fingerprint density at radius 3 is 2.73 bits per heavy atom. The summed E-state index contributed by atoms with van der Waals surface area (Å²) in [5.41, 5.74) is 1.14. The standard InChI is InChI=1S/C17H11F2NO2/c18-12-6-5-11(15(19)9-12)10-22-17(21)14-7-8-20-16-4-2-1-3-13(14)16/h1-9H,10H2. The Balaban J connectivity index is 1.82. The molecule has 0 atom stereocenters. The van der Waals surface area contributed by atoms with Gasteiger partial charge in [-0.15, -0.1) is 0 Å². The molecule has 0 aliphatic carbocycles. The van der Waals surface area contributed by atoms with E-state index in [1.807, 2.05) is 6.07 Å². The number of aromatic nitrogens is 1. The Morgan fingerprint density at radius 1 is 1.09 bits per heavy atom. The maximum absolute atomic E-state index is 13.5. The fourth-order valence-corrected chi connectivity index (χ4v) is 2.13. The van der Waals surface area contributed by atoms with Crippen molar-refractivity contribution in [1.82, 2.24) is 4.98 Å². The van der Waals surface area contributed by atoms with E-state index < -0.39 is 17.6 Å². The number of hydrogen-bond acceptors (Lipinski definition) is 3. The number of benzene rings is 2. The first-order valence-corrected chi connectivity index (χ1v) is 6.60. The molecule has 0 aliphatic rings. The predicted octanol–water partition coefficient (Wildman–Crippen LogP) is 3.87. The summed E-state index contributed by atoms with van der Waals surface area (Å²) < 4.78 is 31.5. The Labute approximate surface area is 125 Å². The van der Waals surface area contributed by atoms with Gasteiger partial charge >= 0.3 is 5.97 Å². The maximum Gasteiger partial charge on any atom is 0.339 e. The van der Waals surface area contributed by atoms with Crippen LogP contribution in [0.3, 0.4) is 0 Å². The molecule has 2 aromatic carbocycles. The second-order valence-corrected chi connectivity index (χ2v) is 4.69. The average molecular weight is 299 g/mol. The largest absolute Gasteiger partial charge is 0.457 e. The van der Waals surface area contributed by atoms with Gasteiger partial charge < -0.3 is 4.74 Å². The Hall–Kier alpha value is -2.82. The minimum absolute atomic E-state index is 0.119. The van der Waals surface area contributed by atoms with E-state index in [9.17, 15) is 13.6 Å². The second kappa shape index (κ2) is 5.89. The van der Waals surface area contributed by atoms with Crippen molar-refractivity contribution in [3.8, 4) is 0 Å². The molecule has 0 spiro atoms. The molecule has 0 bridgehead atoms. The first-order valence-electron chi connectivity index (χ1n) is 6.60. The molecule has 3 aromatic rings. The van der Waals surface area contributed by atoms with Crippen LogP contribution in [0.5, 0.6) is 0 Å². The summed E-state index contributed by atoms with van der Waals surface area (Å²) in [4.78, 5) is 16.3. The van der Waals surface area contributed by atoms with Crippen LogP contribution in [0, 0.1) is 11.6 Å². The van der Waals surface area contributed by atoms with Gasteiger partial charge in [-0.2, -0.15) is 0 Å². The zero-order valence-corrected chi connectivity index (χ0v) is 11.4. The van der Waals surface area contributed by atoms with E-state index >= 15 is 0 Å². The Bertz CT molecular complexity index is 844. The molecule has 0 fully saturated rings. The molecular formula is C17H11F2NO2. The van der Waals surface area contributed by atoms with Crippen LogP contribution in [0.25, 0.3) is 10.9 Å². The molecule has 22 heavy (non-hydrogen) atoms. The van der Waals surface area contributed by atoms with Crippen molar-refractivity contribution in [2.75, 3.05) is 0 Å². The molecular weight excluding hydrogens is 288 g/mol. The minimum Gasteiger partial charge on any atom is -0.457 e. The van der Waals surface area contributed by atoms with Crippen molar-refractivity contribution in [2.45, 2.75) is 6.61 Å². The molecule has 110 valence electrons. The Morgan fingerprint density at radius 2 is 1.91 bits per heavy atom. The van der Waals surface area contributed by atoms with Crippen LogP contribution in [0.2, 0.25) is 0 Å². The molecule has 3 nitrogen and oxygen atoms in total. The number of rotatable bonds is 3. The summed E-state index contributed by atoms with van der Waals surface area (Å²) in [6.07, 6.45) is 1.51. The number of esters is 1. The second-order valence-electron chi connectivity index (χ2n) is 4.69. The molecule has 5 heteroatoms. The summed E-state index contributed by atoms with van der Waals surface area (Å²) in [5, 5.41) is 0.662. The number of pyridine rings is 1. The fourth-order valence-electron chi connectivity index (χ4n) is 2.13. The van der Waals surface area contributed by atoms with Crippen molar-refractivity contribution in [3.05, 3.63) is 77.5 Å². The van der Waals surface area contributed by atoms with Gasteiger partial charge in [0.15, 0.2) is 0 Å². The zero-order valence-electron chi connectivity index (χ0n) is 11.4. The monoisotopic (exact) mass is 299 g/mol. The zero-order chi connectivity index (χ0) is 15.5. The van der Waals surface area contributed by atoms with E-state index in [1.165, 1.54) is 12.3 Å². The lowest BCUT2D eigenvalue weighted by atomic mass is 10.1. The summed E-state index contributed by atoms with van der Waals surface area (Å²) in [7, 11) is 0. The molecule has 0 radical (unpaired) electrons. The number of carbonyl (C=O) groups excluding carboxylic acids is 1. The number of carbonyl (C=O) groups is 1. The number of nitrogens with zero attached hydrogens (tertiary/aromatic N) is 1. The number of ether oxygens (including phenoxy) is 1. The lowest BCUT2D eigenvalue weighted by molar-refractivity contribution is 0.0471. The summed E-state index contributed by atoms with van der Waals surface area (Å²) >= 11 is 0. The quantitative estimate of drug-likeness (QED) is 0.689. The highest BCUT2D eigenvalue weighted by Crippen LogP contribution is 2.18. The minimum atomic E-state index is -0.743. The molecule has 0 amide bonds. The SMILES string of the molecule is O=C(OCc1ccc(F)cc1F)c1ccnc2ccccc12. The van der Waals surface area contributed by atoms with Crippen LogP contribution in [-0.2, 0) is 11.3 Å². The predicted molar refractivity (Wildman–Crippen MR) is 77.2 cm³/mol. The average Bonchev–Trinajstić information content (AvgIpc) is 2.53. The van der Waals surface area contributed by atoms with Gasteiger partial charge in [0.25, 0.3) is 0 Å². The third kappa shape index (κ3) is 2.79. The van der Waals surface area contributed by atoms with Crippen LogP contribution in [0.15, 0.2) is 54.7 Å². The van der Waals surface area contributed by atoms with Gasteiger partial charge in [-0.25, -0.2) is 13.6 Å². The van der Waals surface area contributed by atoms with E-state index in [4.69, 9.17) is 4.74 Å². The Kier molecular flexibility index (Phi) is 3.78. The van der Waals surface area contributed by atoms with Crippen LogP contribution >= 0.6 is 0 Å². The fraction of sp³-hybridized carbons (Fsp3) is 0.0588. The summed E-state index contributed by atoms with van der Waals surface area (Å²) in [6, 6.07) is 11.8. The topological polar surface area (TPSA) is 39.2 Å². The molecule has 3 rings (SSSR count). The van der Waals surface area contributed by atoms with E-state index in [0.717, 1.165) is 12.1 Å². The van der Waals surface area contributed by atoms with E-state index in [-0.39, 0.29) is 12.2 Å². The lowest BCUT2D eigenvalue weighted by Gasteiger charge is -2.08. The highest BCUT2D eigenvalue weighted by atomic mass is 19.1. The third-order valence-electron chi connectivity index (χ3n) is 3.24. The van der Waals surface area contributed by atoms with Crippen molar-refractivity contribution in [2.24, 2.45) is 0 Å². The van der Waals surface area contributed by atoms with Gasteiger partial charge in [0.2, 0.25) is 0 Å². The smallest absolute Gasteiger partial charge is 0.339 e. The van der Waals surface area contributed by atoms with Gasteiger partial charge in [-0.05, 0) is 24.3 Å². The van der Waals surface area contributed by atoms with Crippen LogP contribution in [0.4, 0.5) is 8.78 Å². The molecule has 0 saturated carbocycles. The normalized spacial score (nSPS) is 10.6. The summed E-state index contributed by atoms with van der Waals surface area (Å²) in [6.45, 7) is -0.262. The van der Waals surface area contributed by atoms with Crippen LogP contribution in [-0.4, -0.2) is 11.0 Å². The molecule has 1 aromatic heterocycles. The maximum atomic E-state index is 13.5. The van der Waals surface area contributed by atoms with E-state index in [0.29, 0.717) is 16.5 Å². The molecule has 0 saturated heterocycles. The number of fused-ring (bicyclic) bond motifs is 1. The highest BCUT2D eigenvalue weighted by Gasteiger charge is 2.13. The first-order chi connectivity index (χ1) is 10.6. The number of halogens is 2. The molecule has 1 heterocycles. The van der Waals surface area contributed by atoms with Gasteiger partial charge in [-0.1, -0.05) is 18.2 Å². The van der Waals surface area contributed by atoms with Crippen molar-refractivity contribution >= 4 is 16.9 Å². The lowest BCUT2D eigenvalue weighted by Crippen LogP contribution is -2.07. The third-order valence-corrected chi connectivity index (χ3v) is 3.24. The van der Waals surface area contributed by atoms with Crippen LogP contribution < -0.4 is 0 Å². The van der Waals surface area contributed by atoms with Gasteiger partial charge in [-0.3, -0.25) is 4.98 Å². The van der Waals surface area contributed by atoms with E-state index in [1.54, 1.807) is 24.3 Å². The number of para-hydroxylation sites is 1. The van der Waals surface area contributed by atoms with Crippen molar-refractivity contribution < 1.29 is 18.3 Å². The highest BCUT2D eigenvalue weighted by molar-refractivity contribution is 6.03. The van der Waals surface area contributed by atoms with Crippen molar-refractivity contribution in [1.29, 1.82) is 0 Å². The summed E-state index contributed by atoms with van der Waals surface area (Å²) in [5.74, 6) is -2.00. The van der Waals surface area contributed by atoms with Gasteiger partial charge in [0.1, 0.15) is 18.2 Å². The van der Waals surface area contributed by atoms with Crippen molar-refractivity contribution in [3.63, 3.8) is 0 Å². The number of hydrogen-bond donors (Lipinski definition) is 0. The van der Waals surface area contributed by atoms with Crippen LogP contribution in [0.1, 0.15) is 15.9 Å². The molecule has 0 N–H and O–H groups in total. The molecule has 0 unspecified atom stereocenters.